The second-order valence-corrected chi connectivity index (χ2v) is 12.2. The predicted molar refractivity (Wildman–Crippen MR) is 163 cm³/mol. The van der Waals surface area contributed by atoms with Crippen LogP contribution in [-0.2, 0) is 16.8 Å². The number of likely N-dealkylation sites (N-methyl/N-ethyl adjacent to an activating group) is 1. The van der Waals surface area contributed by atoms with Crippen molar-refractivity contribution in [2.45, 2.75) is 58.9 Å². The van der Waals surface area contributed by atoms with Gasteiger partial charge in [0.1, 0.15) is 0 Å². The first-order chi connectivity index (χ1) is 18.7. The number of aryl methyl sites for hydroxylation is 1. The molecule has 0 aliphatic carbocycles. The predicted octanol–water partition coefficient (Wildman–Crippen LogP) is 6.98. The normalized spacial score (nSPS) is 15.6. The van der Waals surface area contributed by atoms with Crippen LogP contribution in [0.25, 0.3) is 10.9 Å². The molecule has 2 heterocycles. The summed E-state index contributed by atoms with van der Waals surface area (Å²) in [6.07, 6.45) is 2.79. The van der Waals surface area contributed by atoms with Crippen LogP contribution < -0.4 is 0 Å². The molecule has 204 valence electrons. The third-order valence-electron chi connectivity index (χ3n) is 8.40. The fraction of sp³-hybridized carbons (Fsp3) is 0.400. The maximum absolute atomic E-state index is 13.7. The Morgan fingerprint density at radius 2 is 1.54 bits per heavy atom. The van der Waals surface area contributed by atoms with E-state index in [4.69, 9.17) is 0 Å². The average Bonchev–Trinajstić information content (AvgIpc) is 3.30. The molecule has 1 aliphatic rings. The van der Waals surface area contributed by atoms with Crippen molar-refractivity contribution in [3.05, 3.63) is 107 Å². The van der Waals surface area contributed by atoms with Crippen LogP contribution in [0.4, 0.5) is 0 Å². The molecule has 1 aromatic heterocycles. The number of hydrogen-bond donors (Lipinski definition) is 0. The van der Waals surface area contributed by atoms with Crippen molar-refractivity contribution in [2.24, 2.45) is 0 Å². The Morgan fingerprint density at radius 3 is 2.18 bits per heavy atom. The van der Waals surface area contributed by atoms with Crippen molar-refractivity contribution in [1.29, 1.82) is 0 Å². The number of amides is 1. The Kier molecular flexibility index (Phi) is 7.95. The van der Waals surface area contributed by atoms with E-state index < -0.39 is 0 Å². The molecule has 3 aromatic carbocycles. The molecule has 4 aromatic rings. The van der Waals surface area contributed by atoms with E-state index in [1.54, 1.807) is 0 Å². The van der Waals surface area contributed by atoms with Crippen molar-refractivity contribution in [1.82, 2.24) is 14.4 Å². The zero-order valence-electron chi connectivity index (χ0n) is 24.3. The maximum Gasteiger partial charge on any atom is 0.223 e. The Bertz CT molecular complexity index is 1400. The van der Waals surface area contributed by atoms with Gasteiger partial charge in [-0.15, -0.1) is 0 Å². The van der Waals surface area contributed by atoms with Crippen LogP contribution in [0.1, 0.15) is 67.9 Å². The lowest BCUT2D eigenvalue weighted by atomic mass is 9.83. The van der Waals surface area contributed by atoms with E-state index in [1.165, 1.54) is 38.7 Å². The van der Waals surface area contributed by atoms with Gasteiger partial charge in [-0.3, -0.25) is 4.79 Å². The molecule has 0 radical (unpaired) electrons. The number of benzene rings is 3. The Labute approximate surface area is 234 Å². The molecule has 0 spiro atoms. The van der Waals surface area contributed by atoms with E-state index in [2.05, 4.69) is 128 Å². The fourth-order valence-corrected chi connectivity index (χ4v) is 5.81. The SMILES string of the molecule is CCN1CCN(C(=O)CC(c2ccc(C(C)(C)C)cc2)c2cn(Cc3ccc(C)cc3)c3ccccc23)CC1. The lowest BCUT2D eigenvalue weighted by Crippen LogP contribution is -2.48. The molecule has 0 N–H and O–H groups in total. The summed E-state index contributed by atoms with van der Waals surface area (Å²) in [5.41, 5.74) is 7.62. The maximum atomic E-state index is 13.7. The topological polar surface area (TPSA) is 28.5 Å². The second-order valence-electron chi connectivity index (χ2n) is 12.2. The van der Waals surface area contributed by atoms with Gasteiger partial charge >= 0.3 is 0 Å². The van der Waals surface area contributed by atoms with Crippen molar-refractivity contribution in [3.8, 4) is 0 Å². The minimum absolute atomic E-state index is 0.000101. The van der Waals surface area contributed by atoms with E-state index in [9.17, 15) is 4.79 Å². The highest BCUT2D eigenvalue weighted by Crippen LogP contribution is 2.36. The van der Waals surface area contributed by atoms with E-state index in [0.29, 0.717) is 6.42 Å². The largest absolute Gasteiger partial charge is 0.343 e. The Morgan fingerprint density at radius 1 is 0.872 bits per heavy atom. The summed E-state index contributed by atoms with van der Waals surface area (Å²) < 4.78 is 2.36. The summed E-state index contributed by atoms with van der Waals surface area (Å²) in [5, 5.41) is 1.23. The molecule has 5 rings (SSSR count). The first kappa shape index (κ1) is 27.2. The lowest BCUT2D eigenvalue weighted by Gasteiger charge is -2.35. The quantitative estimate of drug-likeness (QED) is 0.262. The van der Waals surface area contributed by atoms with Gasteiger partial charge in [0, 0.05) is 62.2 Å². The molecule has 39 heavy (non-hydrogen) atoms. The third-order valence-corrected chi connectivity index (χ3v) is 8.40. The third kappa shape index (κ3) is 6.12. The molecule has 4 nitrogen and oxygen atoms in total. The molecule has 1 unspecified atom stereocenters. The van der Waals surface area contributed by atoms with Crippen LogP contribution in [0.5, 0.6) is 0 Å². The summed E-state index contributed by atoms with van der Waals surface area (Å²) in [5.74, 6) is 0.255. The number of hydrogen-bond acceptors (Lipinski definition) is 2. The summed E-state index contributed by atoms with van der Waals surface area (Å²) in [7, 11) is 0. The van der Waals surface area contributed by atoms with Gasteiger partial charge in [-0.2, -0.15) is 0 Å². The Balaban J connectivity index is 1.52. The number of fused-ring (bicyclic) bond motifs is 1. The number of nitrogens with zero attached hydrogens (tertiary/aromatic N) is 3. The smallest absolute Gasteiger partial charge is 0.223 e. The number of carbonyl (C=O) groups is 1. The van der Waals surface area contributed by atoms with Crippen LogP contribution in [-0.4, -0.2) is 53.0 Å². The van der Waals surface area contributed by atoms with Crippen molar-refractivity contribution in [2.75, 3.05) is 32.7 Å². The van der Waals surface area contributed by atoms with Gasteiger partial charge in [-0.1, -0.05) is 100.0 Å². The number of piperazine rings is 1. The molecule has 4 heteroatoms. The van der Waals surface area contributed by atoms with Gasteiger partial charge in [-0.25, -0.2) is 0 Å². The highest BCUT2D eigenvalue weighted by atomic mass is 16.2. The lowest BCUT2D eigenvalue weighted by molar-refractivity contribution is -0.133. The first-order valence-electron chi connectivity index (χ1n) is 14.5. The average molecular weight is 522 g/mol. The zero-order chi connectivity index (χ0) is 27.6. The Hall–Kier alpha value is -3.37. The van der Waals surface area contributed by atoms with Crippen LogP contribution in [0, 0.1) is 6.92 Å². The number of carbonyl (C=O) groups excluding carboxylic acids is 1. The molecular formula is C35H43N3O. The molecule has 1 saturated heterocycles. The summed E-state index contributed by atoms with van der Waals surface area (Å²) in [4.78, 5) is 18.2. The van der Waals surface area contributed by atoms with Crippen molar-refractivity contribution < 1.29 is 4.79 Å². The summed E-state index contributed by atoms with van der Waals surface area (Å²) in [6, 6.07) is 26.4. The molecule has 1 amide bonds. The van der Waals surface area contributed by atoms with E-state index >= 15 is 0 Å². The minimum atomic E-state index is -0.000101. The first-order valence-corrected chi connectivity index (χ1v) is 14.5. The van der Waals surface area contributed by atoms with Crippen LogP contribution >= 0.6 is 0 Å². The van der Waals surface area contributed by atoms with Gasteiger partial charge in [-0.05, 0) is 47.2 Å². The number of para-hydroxylation sites is 1. The minimum Gasteiger partial charge on any atom is -0.343 e. The van der Waals surface area contributed by atoms with Crippen molar-refractivity contribution >= 4 is 16.8 Å². The van der Waals surface area contributed by atoms with Gasteiger partial charge < -0.3 is 14.4 Å². The summed E-state index contributed by atoms with van der Waals surface area (Å²) in [6.45, 7) is 16.5. The van der Waals surface area contributed by atoms with Crippen LogP contribution in [0.15, 0.2) is 79.0 Å². The van der Waals surface area contributed by atoms with E-state index in [1.807, 2.05) is 0 Å². The molecule has 0 saturated carbocycles. The number of rotatable bonds is 7. The van der Waals surface area contributed by atoms with Crippen molar-refractivity contribution in [3.63, 3.8) is 0 Å². The summed E-state index contributed by atoms with van der Waals surface area (Å²) >= 11 is 0. The molecule has 0 bridgehead atoms. The van der Waals surface area contributed by atoms with E-state index in [-0.39, 0.29) is 17.2 Å². The highest BCUT2D eigenvalue weighted by Gasteiger charge is 2.27. The standard InChI is InChI=1S/C35H43N3O/c1-6-36-19-21-37(22-20-36)34(39)23-31(28-15-17-29(18-16-28)35(3,4)5)32-25-38(33-10-8-7-9-30(32)33)24-27-13-11-26(2)12-14-27/h7-18,25,31H,6,19-24H2,1-5H3. The number of aromatic nitrogens is 1. The van der Waals surface area contributed by atoms with Crippen LogP contribution in [0.2, 0.25) is 0 Å². The van der Waals surface area contributed by atoms with Gasteiger partial charge in [0.05, 0.1) is 0 Å². The van der Waals surface area contributed by atoms with Gasteiger partial charge in [0.2, 0.25) is 5.91 Å². The fourth-order valence-electron chi connectivity index (χ4n) is 5.81. The molecular weight excluding hydrogens is 478 g/mol. The zero-order valence-corrected chi connectivity index (χ0v) is 24.3. The molecule has 1 fully saturated rings. The molecule has 1 atom stereocenters. The molecule has 1 aliphatic heterocycles. The highest BCUT2D eigenvalue weighted by molar-refractivity contribution is 5.87. The monoisotopic (exact) mass is 521 g/mol. The van der Waals surface area contributed by atoms with Gasteiger partial charge in [0.25, 0.3) is 0 Å². The second kappa shape index (κ2) is 11.4. The van der Waals surface area contributed by atoms with Gasteiger partial charge in [0.15, 0.2) is 0 Å². The van der Waals surface area contributed by atoms with Crippen LogP contribution in [0.3, 0.4) is 0 Å². The van der Waals surface area contributed by atoms with E-state index in [0.717, 1.165) is 39.3 Å².